The van der Waals surface area contributed by atoms with Gasteiger partial charge in [0.25, 0.3) is 5.91 Å². The summed E-state index contributed by atoms with van der Waals surface area (Å²) in [6, 6.07) is 11.7. The van der Waals surface area contributed by atoms with Crippen LogP contribution in [0.5, 0.6) is 11.5 Å². The lowest BCUT2D eigenvalue weighted by molar-refractivity contribution is -0.132. The number of nitrogens with one attached hydrogen (secondary N) is 1. The first-order chi connectivity index (χ1) is 17.9. The number of halogens is 1. The standard InChI is InChI=1S/C28H31FN4O4/c1-18-22(16-32(2)31-18)26(27(34)30-20-8-4-3-5-9-20)33(21-14-12-19(29)13-15-21)28(35)25-17-36-23-10-6-7-11-24(23)37-25/h6-7,10-16,20,25-26H,3-5,8-9,17H2,1-2H3,(H,30,34)/t25-,26+/m0/s1. The molecule has 1 aliphatic carbocycles. The highest BCUT2D eigenvalue weighted by atomic mass is 19.1. The van der Waals surface area contributed by atoms with Gasteiger partial charge in [0, 0.05) is 30.5 Å². The van der Waals surface area contributed by atoms with Gasteiger partial charge in [-0.15, -0.1) is 0 Å². The van der Waals surface area contributed by atoms with Crippen LogP contribution in [0.3, 0.4) is 0 Å². The van der Waals surface area contributed by atoms with Crippen LogP contribution in [-0.2, 0) is 16.6 Å². The Morgan fingerprint density at radius 2 is 1.78 bits per heavy atom. The number of rotatable bonds is 6. The van der Waals surface area contributed by atoms with E-state index in [1.165, 1.54) is 29.2 Å². The second kappa shape index (κ2) is 10.6. The minimum absolute atomic E-state index is 0.0173. The summed E-state index contributed by atoms with van der Waals surface area (Å²) in [5.74, 6) is -0.212. The molecule has 0 radical (unpaired) electrons. The minimum atomic E-state index is -1.03. The summed E-state index contributed by atoms with van der Waals surface area (Å²) in [7, 11) is 1.77. The van der Waals surface area contributed by atoms with Crippen molar-refractivity contribution in [3.63, 3.8) is 0 Å². The number of carbonyl (C=O) groups is 2. The van der Waals surface area contributed by atoms with Crippen LogP contribution in [-0.4, -0.2) is 40.3 Å². The number of carbonyl (C=O) groups excluding carboxylic acids is 2. The molecule has 0 saturated heterocycles. The maximum atomic E-state index is 14.1. The van der Waals surface area contributed by atoms with Crippen molar-refractivity contribution in [1.82, 2.24) is 15.1 Å². The van der Waals surface area contributed by atoms with Crippen LogP contribution in [0.15, 0.2) is 54.7 Å². The van der Waals surface area contributed by atoms with Crippen molar-refractivity contribution in [2.24, 2.45) is 7.05 Å². The zero-order chi connectivity index (χ0) is 25.9. The van der Waals surface area contributed by atoms with Gasteiger partial charge in [-0.2, -0.15) is 5.10 Å². The van der Waals surface area contributed by atoms with Crippen molar-refractivity contribution in [1.29, 1.82) is 0 Å². The van der Waals surface area contributed by atoms with Crippen molar-refractivity contribution in [2.75, 3.05) is 11.5 Å². The molecule has 37 heavy (non-hydrogen) atoms. The lowest BCUT2D eigenvalue weighted by Gasteiger charge is -2.36. The molecule has 9 heteroatoms. The van der Waals surface area contributed by atoms with Gasteiger partial charge in [0.2, 0.25) is 12.0 Å². The summed E-state index contributed by atoms with van der Waals surface area (Å²) in [5.41, 5.74) is 1.59. The molecule has 8 nitrogen and oxygen atoms in total. The normalized spacial score (nSPS) is 18.2. The molecule has 2 heterocycles. The number of benzene rings is 2. The Morgan fingerprint density at radius 3 is 2.46 bits per heavy atom. The number of aryl methyl sites for hydroxylation is 2. The Bertz CT molecular complexity index is 1270. The number of para-hydroxylation sites is 2. The maximum Gasteiger partial charge on any atom is 0.272 e. The number of fused-ring (bicyclic) bond motifs is 1. The zero-order valence-electron chi connectivity index (χ0n) is 21.0. The molecule has 0 bridgehead atoms. The van der Waals surface area contributed by atoms with Gasteiger partial charge in [0.05, 0.1) is 5.69 Å². The van der Waals surface area contributed by atoms with Crippen LogP contribution in [0.1, 0.15) is 49.4 Å². The highest BCUT2D eigenvalue weighted by Crippen LogP contribution is 2.35. The van der Waals surface area contributed by atoms with Gasteiger partial charge in [0.15, 0.2) is 11.5 Å². The zero-order valence-corrected chi connectivity index (χ0v) is 21.0. The second-order valence-corrected chi connectivity index (χ2v) is 9.64. The van der Waals surface area contributed by atoms with E-state index in [0.717, 1.165) is 32.1 Å². The molecule has 1 aliphatic heterocycles. The summed E-state index contributed by atoms with van der Waals surface area (Å²) >= 11 is 0. The molecule has 194 valence electrons. The topological polar surface area (TPSA) is 85.7 Å². The van der Waals surface area contributed by atoms with Crippen LogP contribution >= 0.6 is 0 Å². The van der Waals surface area contributed by atoms with Gasteiger partial charge in [-0.05, 0) is 56.2 Å². The number of anilines is 1. The van der Waals surface area contributed by atoms with E-state index in [9.17, 15) is 14.0 Å². The highest BCUT2D eigenvalue weighted by molar-refractivity contribution is 6.03. The molecule has 5 rings (SSSR count). The molecule has 2 atom stereocenters. The summed E-state index contributed by atoms with van der Waals surface area (Å²) in [6.45, 7) is 1.79. The molecule has 0 spiro atoms. The predicted molar refractivity (Wildman–Crippen MR) is 136 cm³/mol. The molecule has 1 aromatic heterocycles. The third-order valence-electron chi connectivity index (χ3n) is 6.93. The second-order valence-electron chi connectivity index (χ2n) is 9.64. The maximum absolute atomic E-state index is 14.1. The number of amides is 2. The van der Waals surface area contributed by atoms with E-state index >= 15 is 0 Å². The quantitative estimate of drug-likeness (QED) is 0.541. The lowest BCUT2D eigenvalue weighted by atomic mass is 9.94. The number of hydrogen-bond acceptors (Lipinski definition) is 5. The summed E-state index contributed by atoms with van der Waals surface area (Å²) in [4.78, 5) is 29.5. The summed E-state index contributed by atoms with van der Waals surface area (Å²) < 4.78 is 27.3. The number of ether oxygens (including phenoxy) is 2. The van der Waals surface area contributed by atoms with E-state index in [4.69, 9.17) is 9.47 Å². The fourth-order valence-electron chi connectivity index (χ4n) is 5.11. The Labute approximate surface area is 215 Å². The predicted octanol–water partition coefficient (Wildman–Crippen LogP) is 4.23. The van der Waals surface area contributed by atoms with Crippen LogP contribution < -0.4 is 19.7 Å². The van der Waals surface area contributed by atoms with Crippen molar-refractivity contribution >= 4 is 17.5 Å². The fraction of sp³-hybridized carbons (Fsp3) is 0.393. The van der Waals surface area contributed by atoms with Crippen LogP contribution in [0.2, 0.25) is 0 Å². The molecule has 1 saturated carbocycles. The Balaban J connectivity index is 1.55. The van der Waals surface area contributed by atoms with E-state index in [-0.39, 0.29) is 18.6 Å². The Morgan fingerprint density at radius 1 is 1.08 bits per heavy atom. The molecule has 2 aromatic carbocycles. The highest BCUT2D eigenvalue weighted by Gasteiger charge is 2.41. The van der Waals surface area contributed by atoms with Crippen molar-refractivity contribution in [2.45, 2.75) is 57.2 Å². The van der Waals surface area contributed by atoms with Gasteiger partial charge in [-0.1, -0.05) is 31.4 Å². The third kappa shape index (κ3) is 5.30. The number of aromatic nitrogens is 2. The monoisotopic (exact) mass is 506 g/mol. The van der Waals surface area contributed by atoms with E-state index in [0.29, 0.717) is 28.4 Å². The first-order valence-corrected chi connectivity index (χ1v) is 12.7. The SMILES string of the molecule is Cc1nn(C)cc1[C@H](C(=O)NC1CCCCC1)N(C(=O)[C@@H]1COc2ccccc2O1)c1ccc(F)cc1. The molecular weight excluding hydrogens is 475 g/mol. The Kier molecular flexibility index (Phi) is 7.12. The van der Waals surface area contributed by atoms with Gasteiger partial charge >= 0.3 is 0 Å². The third-order valence-corrected chi connectivity index (χ3v) is 6.93. The largest absolute Gasteiger partial charge is 0.485 e. The summed E-state index contributed by atoms with van der Waals surface area (Å²) in [5, 5.41) is 7.61. The van der Waals surface area contributed by atoms with Gasteiger partial charge in [-0.25, -0.2) is 4.39 Å². The van der Waals surface area contributed by atoms with Gasteiger partial charge < -0.3 is 14.8 Å². The van der Waals surface area contributed by atoms with Crippen molar-refractivity contribution in [3.05, 3.63) is 71.8 Å². The lowest BCUT2D eigenvalue weighted by Crippen LogP contribution is -2.52. The average molecular weight is 507 g/mol. The molecule has 2 aliphatic rings. The van der Waals surface area contributed by atoms with Crippen LogP contribution in [0.25, 0.3) is 0 Å². The molecule has 0 unspecified atom stereocenters. The van der Waals surface area contributed by atoms with Gasteiger partial charge in [-0.3, -0.25) is 19.2 Å². The smallest absolute Gasteiger partial charge is 0.272 e. The number of nitrogens with zero attached hydrogens (tertiary/aromatic N) is 3. The minimum Gasteiger partial charge on any atom is -0.485 e. The summed E-state index contributed by atoms with van der Waals surface area (Å²) in [6.07, 6.45) is 5.79. The van der Waals surface area contributed by atoms with E-state index in [2.05, 4.69) is 10.4 Å². The van der Waals surface area contributed by atoms with E-state index < -0.39 is 23.9 Å². The Hall–Kier alpha value is -3.88. The molecule has 1 fully saturated rings. The fourth-order valence-corrected chi connectivity index (χ4v) is 5.11. The molecule has 3 aromatic rings. The molecule has 1 N–H and O–H groups in total. The molecular formula is C28H31FN4O4. The van der Waals surface area contributed by atoms with E-state index in [1.54, 1.807) is 43.0 Å². The van der Waals surface area contributed by atoms with Gasteiger partial charge in [0.1, 0.15) is 18.5 Å². The van der Waals surface area contributed by atoms with Crippen molar-refractivity contribution < 1.29 is 23.5 Å². The average Bonchev–Trinajstić information content (AvgIpc) is 3.24. The van der Waals surface area contributed by atoms with Crippen LogP contribution in [0.4, 0.5) is 10.1 Å². The van der Waals surface area contributed by atoms with Crippen molar-refractivity contribution in [3.8, 4) is 11.5 Å². The van der Waals surface area contributed by atoms with Crippen LogP contribution in [0, 0.1) is 12.7 Å². The molecule has 2 amide bonds. The van der Waals surface area contributed by atoms with E-state index in [1.807, 2.05) is 6.07 Å². The first-order valence-electron chi connectivity index (χ1n) is 12.7. The first kappa shape index (κ1) is 24.8. The number of hydrogen-bond donors (Lipinski definition) is 1.